The monoisotopic (exact) mass is 890 g/mol. The van der Waals surface area contributed by atoms with Crippen LogP contribution in [0, 0.1) is 0 Å². The summed E-state index contributed by atoms with van der Waals surface area (Å²) in [5, 5.41) is 74.4. The minimum atomic E-state index is -5.15. The third-order valence-electron chi connectivity index (χ3n) is 11.5. The molecule has 358 valence electrons. The van der Waals surface area contributed by atoms with Crippen LogP contribution in [0.25, 0.3) is 0 Å². The summed E-state index contributed by atoms with van der Waals surface area (Å²) in [5.74, 6) is -0.606. The average molecular weight is 890 g/mol. The van der Waals surface area contributed by atoms with Gasteiger partial charge in [-0.2, -0.15) is 0 Å². The van der Waals surface area contributed by atoms with E-state index in [2.05, 4.69) is 43.5 Å². The molecular weight excluding hydrogens is 801 g/mol. The molecule has 0 radical (unpaired) electrons. The van der Waals surface area contributed by atoms with Crippen LogP contribution < -0.4 is 5.32 Å². The molecule has 0 aromatic rings. The molecule has 9 N–H and O–H groups in total. The van der Waals surface area contributed by atoms with Gasteiger partial charge in [-0.05, 0) is 44.9 Å². The van der Waals surface area contributed by atoms with E-state index < -0.39 is 75.2 Å². The number of phosphoric ester groups is 1. The highest BCUT2D eigenvalue weighted by molar-refractivity contribution is 7.47. The zero-order valence-electron chi connectivity index (χ0n) is 37.8. The molecule has 61 heavy (non-hydrogen) atoms. The van der Waals surface area contributed by atoms with E-state index in [1.165, 1.54) is 115 Å². The third kappa shape index (κ3) is 28.8. The first kappa shape index (κ1) is 57.5. The zero-order chi connectivity index (χ0) is 45.1. The Bertz CT molecular complexity index is 1190. The molecule has 0 heterocycles. The number of nitrogens with one attached hydrogen (secondary N) is 1. The number of allylic oxidation sites excluding steroid dienone is 5. The van der Waals surface area contributed by atoms with Crippen molar-refractivity contribution in [1.82, 2.24) is 5.32 Å². The highest BCUT2D eigenvalue weighted by Crippen LogP contribution is 2.47. The highest BCUT2D eigenvalue weighted by atomic mass is 31.2. The van der Waals surface area contributed by atoms with Crippen LogP contribution in [-0.4, -0.2) is 108 Å². The second kappa shape index (κ2) is 36.8. The molecule has 0 saturated heterocycles. The van der Waals surface area contributed by atoms with Gasteiger partial charge in [0.15, 0.2) is 0 Å². The van der Waals surface area contributed by atoms with Crippen LogP contribution in [-0.2, 0) is 18.4 Å². The molecule has 14 heteroatoms. The normalized spacial score (nSPS) is 23.5. The van der Waals surface area contributed by atoms with Gasteiger partial charge in [-0.25, -0.2) is 4.57 Å². The number of phosphoric acid groups is 1. The summed E-state index contributed by atoms with van der Waals surface area (Å²) in [6.07, 6.45) is 28.0. The lowest BCUT2D eigenvalue weighted by molar-refractivity contribution is -0.220. The summed E-state index contributed by atoms with van der Waals surface area (Å²) in [7, 11) is -5.15. The maximum atomic E-state index is 13.0. The molecule has 8 unspecified atom stereocenters. The predicted octanol–water partition coefficient (Wildman–Crippen LogP) is 8.14. The van der Waals surface area contributed by atoms with Crippen molar-refractivity contribution < 1.29 is 59.0 Å². The maximum absolute atomic E-state index is 13.0. The number of rotatable bonds is 39. The van der Waals surface area contributed by atoms with E-state index in [0.29, 0.717) is 19.3 Å². The lowest BCUT2D eigenvalue weighted by atomic mass is 9.85. The number of hydrogen-bond donors (Lipinski definition) is 9. The van der Waals surface area contributed by atoms with E-state index in [0.717, 1.165) is 44.9 Å². The van der Waals surface area contributed by atoms with E-state index in [1.54, 1.807) is 6.08 Å². The summed E-state index contributed by atoms with van der Waals surface area (Å²) in [6.45, 7) is 3.72. The summed E-state index contributed by atoms with van der Waals surface area (Å²) in [4.78, 5) is 23.4. The van der Waals surface area contributed by atoms with E-state index in [1.807, 2.05) is 0 Å². The molecule has 0 bridgehead atoms. The fraction of sp³-hybridized carbons (Fsp3) is 0.851. The van der Waals surface area contributed by atoms with Crippen molar-refractivity contribution in [3.8, 4) is 0 Å². The molecular formula is C47H88NO12P. The number of amides is 1. The van der Waals surface area contributed by atoms with Gasteiger partial charge in [-0.1, -0.05) is 179 Å². The smallest absolute Gasteiger partial charge is 0.393 e. The molecule has 0 aromatic carbocycles. The van der Waals surface area contributed by atoms with Crippen molar-refractivity contribution in [3.63, 3.8) is 0 Å². The number of aliphatic hydroxyl groups is 7. The van der Waals surface area contributed by atoms with Crippen LogP contribution in [0.2, 0.25) is 0 Å². The van der Waals surface area contributed by atoms with Crippen molar-refractivity contribution >= 4 is 13.7 Å². The molecule has 1 rings (SSSR count). The molecule has 1 fully saturated rings. The van der Waals surface area contributed by atoms with Crippen LogP contribution >= 0.6 is 7.82 Å². The first-order valence-corrected chi connectivity index (χ1v) is 25.5. The Kier molecular flexibility index (Phi) is 34.7. The lowest BCUT2D eigenvalue weighted by Gasteiger charge is -2.41. The SMILES string of the molecule is CCCCCCCCCC/C=C/CC/C=C/CC/C=C/C(O)C(COP(=O)(O)OC1C(O)C(O)C(O)C(O)C1O)NC(=O)CC(O)CCCCCCCCCCCCCCC. The molecule has 0 aromatic heterocycles. The van der Waals surface area contributed by atoms with Gasteiger partial charge in [0.25, 0.3) is 0 Å². The minimum absolute atomic E-state index is 0.254. The first-order chi connectivity index (χ1) is 29.3. The molecule has 0 spiro atoms. The van der Waals surface area contributed by atoms with Gasteiger partial charge in [0.2, 0.25) is 5.91 Å². The number of aliphatic hydroxyl groups excluding tert-OH is 7. The largest absolute Gasteiger partial charge is 0.472 e. The maximum Gasteiger partial charge on any atom is 0.472 e. The summed E-state index contributed by atoms with van der Waals surface area (Å²) in [6, 6.07) is -1.26. The number of unbranched alkanes of at least 4 members (excludes halogenated alkanes) is 22. The van der Waals surface area contributed by atoms with Gasteiger partial charge in [0, 0.05) is 0 Å². The molecule has 0 aliphatic heterocycles. The summed E-state index contributed by atoms with van der Waals surface area (Å²) >= 11 is 0. The van der Waals surface area contributed by atoms with Gasteiger partial charge in [0.05, 0.1) is 31.3 Å². The van der Waals surface area contributed by atoms with Gasteiger partial charge in [-0.3, -0.25) is 13.8 Å². The van der Waals surface area contributed by atoms with Crippen LogP contribution in [0.1, 0.15) is 194 Å². The van der Waals surface area contributed by atoms with Crippen LogP contribution in [0.4, 0.5) is 0 Å². The summed E-state index contributed by atoms with van der Waals surface area (Å²) in [5.41, 5.74) is 0. The van der Waals surface area contributed by atoms with E-state index in [4.69, 9.17) is 9.05 Å². The molecule has 1 aliphatic carbocycles. The van der Waals surface area contributed by atoms with Gasteiger partial charge in [-0.15, -0.1) is 0 Å². The zero-order valence-corrected chi connectivity index (χ0v) is 38.7. The van der Waals surface area contributed by atoms with Gasteiger partial charge in [0.1, 0.15) is 36.6 Å². The van der Waals surface area contributed by atoms with E-state index in [-0.39, 0.29) is 6.42 Å². The number of hydrogen-bond acceptors (Lipinski definition) is 11. The molecule has 1 aliphatic rings. The fourth-order valence-electron chi connectivity index (χ4n) is 7.51. The van der Waals surface area contributed by atoms with Gasteiger partial charge >= 0.3 is 7.82 Å². The molecule has 8 atom stereocenters. The average Bonchev–Trinajstić information content (AvgIpc) is 3.23. The van der Waals surface area contributed by atoms with Crippen molar-refractivity contribution in [3.05, 3.63) is 36.5 Å². The fourth-order valence-corrected chi connectivity index (χ4v) is 8.47. The van der Waals surface area contributed by atoms with Crippen LogP contribution in [0.3, 0.4) is 0 Å². The second-order valence-corrected chi connectivity index (χ2v) is 18.5. The highest BCUT2D eigenvalue weighted by Gasteiger charge is 2.51. The Labute approximate surface area is 368 Å². The summed E-state index contributed by atoms with van der Waals surface area (Å²) < 4.78 is 22.9. The van der Waals surface area contributed by atoms with Crippen LogP contribution in [0.15, 0.2) is 36.5 Å². The van der Waals surface area contributed by atoms with E-state index >= 15 is 0 Å². The minimum Gasteiger partial charge on any atom is -0.393 e. The van der Waals surface area contributed by atoms with Gasteiger partial charge < -0.3 is 46.0 Å². The Morgan fingerprint density at radius 3 is 1.44 bits per heavy atom. The van der Waals surface area contributed by atoms with Crippen molar-refractivity contribution in [1.29, 1.82) is 0 Å². The quantitative estimate of drug-likeness (QED) is 0.0162. The Morgan fingerprint density at radius 1 is 0.574 bits per heavy atom. The van der Waals surface area contributed by atoms with Crippen molar-refractivity contribution in [2.24, 2.45) is 0 Å². The number of carbonyl (C=O) groups excluding carboxylic acids is 1. The molecule has 1 saturated carbocycles. The number of carbonyl (C=O) groups is 1. The van der Waals surface area contributed by atoms with Crippen LogP contribution in [0.5, 0.6) is 0 Å². The molecule has 1 amide bonds. The third-order valence-corrected chi connectivity index (χ3v) is 12.4. The topological polar surface area (TPSA) is 226 Å². The van der Waals surface area contributed by atoms with E-state index in [9.17, 15) is 50.0 Å². The molecule has 13 nitrogen and oxygen atoms in total. The van der Waals surface area contributed by atoms with Crippen molar-refractivity contribution in [2.75, 3.05) is 6.61 Å². The lowest BCUT2D eigenvalue weighted by Crippen LogP contribution is -2.64. The second-order valence-electron chi connectivity index (χ2n) is 17.1. The Hall–Kier alpha value is -1.48. The van der Waals surface area contributed by atoms with Crippen molar-refractivity contribution in [2.45, 2.75) is 249 Å². The standard InChI is InChI=1S/C47H88NO12P/c1-3-5-7-9-11-13-15-17-18-19-20-21-23-25-27-29-31-33-35-40(50)39(37-59-61(57,58)60-47-45(55)43(53)42(52)44(54)46(47)56)48-41(51)36-38(49)34-32-30-28-26-24-22-16-14-12-10-8-6-4-2/h19-20,25,27,33,35,38-40,42-47,49-50,52-56H,3-18,21-24,26,28-32,34,36-37H2,1-2H3,(H,48,51)(H,57,58)/b20-19+,27-25+,35-33+. The Balaban J connectivity index is 2.58. The predicted molar refractivity (Wildman–Crippen MR) is 243 cm³/mol. The first-order valence-electron chi connectivity index (χ1n) is 24.0. The Morgan fingerprint density at radius 2 is 0.967 bits per heavy atom.